The van der Waals surface area contributed by atoms with E-state index in [-0.39, 0.29) is 0 Å². The Kier molecular flexibility index (Phi) is 5.59. The molecular weight excluding hydrogens is 326 g/mol. The monoisotopic (exact) mass is 349 g/mol. The SMILES string of the molecule is COc1ccc(OC)c(NC(N)=NCCc2cccc3ccccc23)c1. The number of nitrogens with zero attached hydrogens (tertiary/aromatic N) is 1. The van der Waals surface area contributed by atoms with E-state index < -0.39 is 0 Å². The molecule has 0 saturated carbocycles. The molecule has 0 radical (unpaired) electrons. The van der Waals surface area contributed by atoms with E-state index in [1.165, 1.54) is 16.3 Å². The molecule has 0 atom stereocenters. The maximum absolute atomic E-state index is 6.04. The van der Waals surface area contributed by atoms with Crippen molar-refractivity contribution >= 4 is 22.4 Å². The molecule has 0 aliphatic rings. The van der Waals surface area contributed by atoms with E-state index in [1.807, 2.05) is 24.3 Å². The van der Waals surface area contributed by atoms with Crippen LogP contribution in [0.25, 0.3) is 10.8 Å². The third-order valence-electron chi connectivity index (χ3n) is 4.21. The third-order valence-corrected chi connectivity index (χ3v) is 4.21. The molecule has 0 aliphatic carbocycles. The summed E-state index contributed by atoms with van der Waals surface area (Å²) in [7, 11) is 3.23. The molecular formula is C21H23N3O2. The predicted octanol–water partition coefficient (Wildman–Crippen LogP) is 3.83. The normalized spacial score (nSPS) is 11.4. The number of ether oxygens (including phenoxy) is 2. The largest absolute Gasteiger partial charge is 0.497 e. The lowest BCUT2D eigenvalue weighted by molar-refractivity contribution is 0.405. The van der Waals surface area contributed by atoms with Crippen LogP contribution in [0.4, 0.5) is 5.69 Å². The fraction of sp³-hybridized carbons (Fsp3) is 0.190. The molecule has 0 fully saturated rings. The smallest absolute Gasteiger partial charge is 0.193 e. The van der Waals surface area contributed by atoms with Crippen LogP contribution in [-0.4, -0.2) is 26.7 Å². The van der Waals surface area contributed by atoms with E-state index in [0.29, 0.717) is 18.3 Å². The van der Waals surface area contributed by atoms with Gasteiger partial charge in [0.15, 0.2) is 5.96 Å². The van der Waals surface area contributed by atoms with Gasteiger partial charge in [0.1, 0.15) is 11.5 Å². The van der Waals surface area contributed by atoms with Gasteiger partial charge in [0.2, 0.25) is 0 Å². The van der Waals surface area contributed by atoms with Gasteiger partial charge in [-0.1, -0.05) is 42.5 Å². The lowest BCUT2D eigenvalue weighted by atomic mass is 10.0. The van der Waals surface area contributed by atoms with Crippen molar-refractivity contribution in [2.45, 2.75) is 6.42 Å². The van der Waals surface area contributed by atoms with E-state index in [9.17, 15) is 0 Å². The van der Waals surface area contributed by atoms with Gasteiger partial charge in [0.25, 0.3) is 0 Å². The van der Waals surface area contributed by atoms with Crippen LogP contribution in [0.1, 0.15) is 5.56 Å². The molecule has 3 rings (SSSR count). The van der Waals surface area contributed by atoms with Gasteiger partial charge in [-0.2, -0.15) is 0 Å². The second kappa shape index (κ2) is 8.25. The van der Waals surface area contributed by atoms with E-state index in [1.54, 1.807) is 14.2 Å². The zero-order valence-corrected chi connectivity index (χ0v) is 15.0. The molecule has 26 heavy (non-hydrogen) atoms. The minimum atomic E-state index is 0.344. The van der Waals surface area contributed by atoms with E-state index in [2.05, 4.69) is 46.7 Å². The molecule has 3 aromatic rings. The molecule has 0 aromatic heterocycles. The fourth-order valence-electron chi connectivity index (χ4n) is 2.90. The number of hydrogen-bond acceptors (Lipinski definition) is 3. The number of anilines is 1. The number of benzene rings is 3. The molecule has 5 nitrogen and oxygen atoms in total. The minimum Gasteiger partial charge on any atom is -0.497 e. The van der Waals surface area contributed by atoms with Crippen molar-refractivity contribution in [1.29, 1.82) is 0 Å². The highest BCUT2D eigenvalue weighted by molar-refractivity contribution is 5.94. The van der Waals surface area contributed by atoms with Crippen LogP contribution in [0.15, 0.2) is 65.7 Å². The Morgan fingerprint density at radius 1 is 1.00 bits per heavy atom. The van der Waals surface area contributed by atoms with Crippen molar-refractivity contribution in [3.63, 3.8) is 0 Å². The molecule has 0 unspecified atom stereocenters. The van der Waals surface area contributed by atoms with Gasteiger partial charge in [-0.05, 0) is 34.9 Å². The highest BCUT2D eigenvalue weighted by Crippen LogP contribution is 2.28. The highest BCUT2D eigenvalue weighted by atomic mass is 16.5. The summed E-state index contributed by atoms with van der Waals surface area (Å²) in [5.74, 6) is 1.74. The van der Waals surface area contributed by atoms with E-state index in [4.69, 9.17) is 15.2 Å². The number of fused-ring (bicyclic) bond motifs is 1. The summed E-state index contributed by atoms with van der Waals surface area (Å²) in [6.07, 6.45) is 0.818. The topological polar surface area (TPSA) is 68.9 Å². The maximum Gasteiger partial charge on any atom is 0.193 e. The minimum absolute atomic E-state index is 0.344. The molecule has 3 N–H and O–H groups in total. The van der Waals surface area contributed by atoms with Crippen molar-refractivity contribution in [2.75, 3.05) is 26.1 Å². The van der Waals surface area contributed by atoms with Crippen molar-refractivity contribution in [1.82, 2.24) is 0 Å². The number of rotatable bonds is 6. The number of guanidine groups is 1. The average Bonchev–Trinajstić information content (AvgIpc) is 2.68. The summed E-state index contributed by atoms with van der Waals surface area (Å²) in [6.45, 7) is 0.596. The second-order valence-corrected chi connectivity index (χ2v) is 5.85. The summed E-state index contributed by atoms with van der Waals surface area (Å²) < 4.78 is 10.6. The second-order valence-electron chi connectivity index (χ2n) is 5.85. The summed E-state index contributed by atoms with van der Waals surface area (Å²) in [5, 5.41) is 5.58. The summed E-state index contributed by atoms with van der Waals surface area (Å²) in [6, 6.07) is 20.2. The summed E-state index contributed by atoms with van der Waals surface area (Å²) in [5.41, 5.74) is 8.02. The van der Waals surface area contributed by atoms with Gasteiger partial charge >= 0.3 is 0 Å². The van der Waals surface area contributed by atoms with Crippen LogP contribution in [0, 0.1) is 0 Å². The molecule has 0 bridgehead atoms. The van der Waals surface area contributed by atoms with Gasteiger partial charge in [0.05, 0.1) is 19.9 Å². The Labute approximate surface area is 153 Å². The van der Waals surface area contributed by atoms with Crippen LogP contribution in [0.3, 0.4) is 0 Å². The zero-order valence-electron chi connectivity index (χ0n) is 15.0. The van der Waals surface area contributed by atoms with Crippen molar-refractivity contribution in [3.8, 4) is 11.5 Å². The van der Waals surface area contributed by atoms with Gasteiger partial charge in [0, 0.05) is 12.6 Å². The lowest BCUT2D eigenvalue weighted by Gasteiger charge is -2.12. The first-order valence-electron chi connectivity index (χ1n) is 8.47. The van der Waals surface area contributed by atoms with Gasteiger partial charge in [-0.3, -0.25) is 4.99 Å². The zero-order chi connectivity index (χ0) is 18.4. The molecule has 5 heteroatoms. The third kappa shape index (κ3) is 4.06. The van der Waals surface area contributed by atoms with Crippen LogP contribution in [-0.2, 0) is 6.42 Å². The van der Waals surface area contributed by atoms with Gasteiger partial charge in [-0.15, -0.1) is 0 Å². The first-order chi connectivity index (χ1) is 12.7. The number of methoxy groups -OCH3 is 2. The Balaban J connectivity index is 1.69. The summed E-state index contributed by atoms with van der Waals surface area (Å²) >= 11 is 0. The van der Waals surface area contributed by atoms with Crippen LogP contribution in [0.5, 0.6) is 11.5 Å². The standard InChI is InChI=1S/C21H23N3O2/c1-25-17-10-11-20(26-2)19(14-17)24-21(22)23-13-12-16-8-5-7-15-6-3-4-9-18(15)16/h3-11,14H,12-13H2,1-2H3,(H3,22,23,24). The van der Waals surface area contributed by atoms with Crippen LogP contribution in [0.2, 0.25) is 0 Å². The number of hydrogen-bond donors (Lipinski definition) is 2. The quantitative estimate of drug-likeness (QED) is 0.524. The van der Waals surface area contributed by atoms with Crippen LogP contribution >= 0.6 is 0 Å². The first-order valence-corrected chi connectivity index (χ1v) is 8.47. The molecule has 0 spiro atoms. The maximum atomic E-state index is 6.04. The van der Waals surface area contributed by atoms with Crippen LogP contribution < -0.4 is 20.5 Å². The highest BCUT2D eigenvalue weighted by Gasteiger charge is 2.06. The molecule has 0 saturated heterocycles. The molecule has 0 heterocycles. The van der Waals surface area contributed by atoms with Gasteiger partial charge < -0.3 is 20.5 Å². The number of nitrogens with one attached hydrogen (secondary N) is 1. The van der Waals surface area contributed by atoms with Crippen molar-refractivity contribution < 1.29 is 9.47 Å². The Bertz CT molecular complexity index is 917. The molecule has 134 valence electrons. The lowest BCUT2D eigenvalue weighted by Crippen LogP contribution is -2.23. The summed E-state index contributed by atoms with van der Waals surface area (Å²) in [4.78, 5) is 4.44. The van der Waals surface area contributed by atoms with Crippen molar-refractivity contribution in [2.24, 2.45) is 10.7 Å². The van der Waals surface area contributed by atoms with Crippen molar-refractivity contribution in [3.05, 3.63) is 66.2 Å². The molecule has 0 amide bonds. The Morgan fingerprint density at radius 3 is 2.62 bits per heavy atom. The number of aliphatic imine (C=N–C) groups is 1. The van der Waals surface area contributed by atoms with E-state index in [0.717, 1.165) is 17.9 Å². The van der Waals surface area contributed by atoms with E-state index >= 15 is 0 Å². The van der Waals surface area contributed by atoms with Gasteiger partial charge in [-0.25, -0.2) is 0 Å². The number of nitrogens with two attached hydrogens (primary N) is 1. The fourth-order valence-corrected chi connectivity index (χ4v) is 2.90. The Hall–Kier alpha value is -3.21. The molecule has 0 aliphatic heterocycles. The molecule has 3 aromatic carbocycles. The first kappa shape index (κ1) is 17.6. The predicted molar refractivity (Wildman–Crippen MR) is 107 cm³/mol. The average molecular weight is 349 g/mol. The Morgan fingerprint density at radius 2 is 1.81 bits per heavy atom.